The summed E-state index contributed by atoms with van der Waals surface area (Å²) in [5, 5.41) is 15.0. The van der Waals surface area contributed by atoms with E-state index in [1.54, 1.807) is 12.1 Å². The van der Waals surface area contributed by atoms with Gasteiger partial charge in [-0.2, -0.15) is 11.8 Å². The van der Waals surface area contributed by atoms with Crippen LogP contribution < -0.4 is 10.6 Å². The highest BCUT2D eigenvalue weighted by Crippen LogP contribution is 2.29. The zero-order valence-electron chi connectivity index (χ0n) is 15.9. The highest BCUT2D eigenvalue weighted by Gasteiger charge is 2.42. The molecule has 0 unspecified atom stereocenters. The van der Waals surface area contributed by atoms with Gasteiger partial charge in [-0.1, -0.05) is 37.0 Å². The number of hydrogen-bond acceptors (Lipinski definition) is 4. The fraction of sp³-hybridized carbons (Fsp3) is 0.550. The molecule has 1 atom stereocenters. The van der Waals surface area contributed by atoms with Crippen molar-refractivity contribution in [2.75, 3.05) is 12.0 Å². The molecule has 0 spiro atoms. The summed E-state index contributed by atoms with van der Waals surface area (Å²) in [6, 6.07) is 6.23. The molecule has 1 fully saturated rings. The molecule has 1 aromatic carbocycles. The van der Waals surface area contributed by atoms with E-state index in [4.69, 9.17) is 0 Å². The third kappa shape index (κ3) is 5.73. The van der Waals surface area contributed by atoms with Crippen LogP contribution in [-0.2, 0) is 9.59 Å². The quantitative estimate of drug-likeness (QED) is 0.632. The molecule has 7 heteroatoms. The summed E-state index contributed by atoms with van der Waals surface area (Å²) in [7, 11) is 0. The standard InChI is InChI=1S/C20H28N2O4S/c1-14-6-8-15(9-7-14)17(23)22-20(11-4-3-5-12-20)19(26)21-16(18(24)25)10-13-27-2/h6-9,16H,3-5,10-13H2,1-2H3,(H,21,26)(H,22,23)(H,24,25)/t16-/m0/s1. The second-order valence-electron chi connectivity index (χ2n) is 7.11. The van der Waals surface area contributed by atoms with Crippen molar-refractivity contribution < 1.29 is 19.5 Å². The summed E-state index contributed by atoms with van der Waals surface area (Å²) in [5.41, 5.74) is 0.498. The predicted molar refractivity (Wildman–Crippen MR) is 107 cm³/mol. The number of carbonyl (C=O) groups is 3. The van der Waals surface area contributed by atoms with Gasteiger partial charge in [0.1, 0.15) is 11.6 Å². The summed E-state index contributed by atoms with van der Waals surface area (Å²) in [4.78, 5) is 37.2. The first-order chi connectivity index (χ1) is 12.9. The number of rotatable bonds is 8. The maximum atomic E-state index is 13.0. The summed E-state index contributed by atoms with van der Waals surface area (Å²) < 4.78 is 0. The molecule has 0 aromatic heterocycles. The van der Waals surface area contributed by atoms with Crippen molar-refractivity contribution in [1.82, 2.24) is 10.6 Å². The van der Waals surface area contributed by atoms with Gasteiger partial charge in [-0.05, 0) is 50.3 Å². The van der Waals surface area contributed by atoms with Crippen molar-refractivity contribution in [1.29, 1.82) is 0 Å². The fourth-order valence-corrected chi connectivity index (χ4v) is 3.82. The third-order valence-corrected chi connectivity index (χ3v) is 5.67. The Morgan fingerprint density at radius 1 is 1.15 bits per heavy atom. The van der Waals surface area contributed by atoms with E-state index in [-0.39, 0.29) is 5.91 Å². The number of nitrogens with one attached hydrogen (secondary N) is 2. The first-order valence-electron chi connectivity index (χ1n) is 9.30. The first-order valence-corrected chi connectivity index (χ1v) is 10.7. The lowest BCUT2D eigenvalue weighted by Gasteiger charge is -2.37. The van der Waals surface area contributed by atoms with E-state index in [2.05, 4.69) is 10.6 Å². The van der Waals surface area contributed by atoms with Gasteiger partial charge in [-0.3, -0.25) is 9.59 Å². The Hall–Kier alpha value is -2.02. The third-order valence-electron chi connectivity index (χ3n) is 5.02. The molecule has 1 aliphatic carbocycles. The van der Waals surface area contributed by atoms with Crippen molar-refractivity contribution in [3.05, 3.63) is 35.4 Å². The Labute approximate surface area is 164 Å². The summed E-state index contributed by atoms with van der Waals surface area (Å²) >= 11 is 1.53. The predicted octanol–water partition coefficient (Wildman–Crippen LogP) is 2.75. The van der Waals surface area contributed by atoms with Crippen LogP contribution in [0.5, 0.6) is 0 Å². The Kier molecular flexibility index (Phi) is 7.71. The molecule has 2 rings (SSSR count). The second-order valence-corrected chi connectivity index (χ2v) is 8.09. The minimum Gasteiger partial charge on any atom is -0.480 e. The average Bonchev–Trinajstić information content (AvgIpc) is 2.65. The lowest BCUT2D eigenvalue weighted by atomic mass is 9.80. The van der Waals surface area contributed by atoms with Crippen LogP contribution in [0.2, 0.25) is 0 Å². The molecule has 0 radical (unpaired) electrons. The number of benzene rings is 1. The molecule has 6 nitrogen and oxygen atoms in total. The number of amides is 2. The normalized spacial score (nSPS) is 17.0. The van der Waals surface area contributed by atoms with E-state index >= 15 is 0 Å². The molecule has 1 saturated carbocycles. The Bertz CT molecular complexity index is 669. The minimum atomic E-state index is -1.05. The van der Waals surface area contributed by atoms with E-state index in [9.17, 15) is 19.5 Å². The highest BCUT2D eigenvalue weighted by atomic mass is 32.2. The Morgan fingerprint density at radius 3 is 2.33 bits per heavy atom. The van der Waals surface area contributed by atoms with E-state index in [1.165, 1.54) is 11.8 Å². The zero-order valence-corrected chi connectivity index (χ0v) is 16.7. The largest absolute Gasteiger partial charge is 0.480 e. The van der Waals surface area contributed by atoms with E-state index in [0.717, 1.165) is 24.8 Å². The molecular formula is C20H28N2O4S. The van der Waals surface area contributed by atoms with Gasteiger partial charge in [0.25, 0.3) is 5.91 Å². The van der Waals surface area contributed by atoms with Crippen molar-refractivity contribution in [2.45, 2.75) is 57.0 Å². The fourth-order valence-electron chi connectivity index (χ4n) is 3.35. The van der Waals surface area contributed by atoms with Gasteiger partial charge < -0.3 is 15.7 Å². The van der Waals surface area contributed by atoms with Crippen molar-refractivity contribution >= 4 is 29.5 Å². The molecule has 2 amide bonds. The van der Waals surface area contributed by atoms with E-state index in [1.807, 2.05) is 25.3 Å². The Balaban J connectivity index is 2.16. The zero-order chi connectivity index (χ0) is 19.9. The van der Waals surface area contributed by atoms with Crippen molar-refractivity contribution in [3.8, 4) is 0 Å². The van der Waals surface area contributed by atoms with E-state index in [0.29, 0.717) is 30.6 Å². The number of aryl methyl sites for hydroxylation is 1. The number of carboxylic acids is 1. The van der Waals surface area contributed by atoms with Crippen LogP contribution in [0.25, 0.3) is 0 Å². The van der Waals surface area contributed by atoms with Gasteiger partial charge in [0.2, 0.25) is 5.91 Å². The molecule has 148 valence electrons. The van der Waals surface area contributed by atoms with Crippen LogP contribution in [0.4, 0.5) is 0 Å². The van der Waals surface area contributed by atoms with Crippen molar-refractivity contribution in [2.24, 2.45) is 0 Å². The van der Waals surface area contributed by atoms with Crippen LogP contribution in [0, 0.1) is 6.92 Å². The van der Waals surface area contributed by atoms with Gasteiger partial charge in [-0.25, -0.2) is 4.79 Å². The van der Waals surface area contributed by atoms with Gasteiger partial charge in [0, 0.05) is 5.56 Å². The SMILES string of the molecule is CSCC[C@H](NC(=O)C1(NC(=O)c2ccc(C)cc2)CCCCC1)C(=O)O. The molecule has 1 aliphatic rings. The summed E-state index contributed by atoms with van der Waals surface area (Å²) in [5.74, 6) is -1.10. The van der Waals surface area contributed by atoms with Gasteiger partial charge in [0.15, 0.2) is 0 Å². The molecule has 0 saturated heterocycles. The van der Waals surface area contributed by atoms with E-state index < -0.39 is 23.5 Å². The summed E-state index contributed by atoms with van der Waals surface area (Å²) in [6.07, 6.45) is 5.94. The van der Waals surface area contributed by atoms with Gasteiger partial charge in [-0.15, -0.1) is 0 Å². The van der Waals surface area contributed by atoms with Gasteiger partial charge in [0.05, 0.1) is 0 Å². The number of carbonyl (C=O) groups excluding carboxylic acids is 2. The summed E-state index contributed by atoms with van der Waals surface area (Å²) in [6.45, 7) is 1.94. The topological polar surface area (TPSA) is 95.5 Å². The molecule has 0 aliphatic heterocycles. The van der Waals surface area contributed by atoms with Crippen LogP contribution in [0.1, 0.15) is 54.4 Å². The molecular weight excluding hydrogens is 364 g/mol. The van der Waals surface area contributed by atoms with Crippen LogP contribution in [-0.4, -0.2) is 46.5 Å². The van der Waals surface area contributed by atoms with Gasteiger partial charge >= 0.3 is 5.97 Å². The molecule has 1 aromatic rings. The minimum absolute atomic E-state index is 0.303. The number of thioether (sulfide) groups is 1. The second kappa shape index (κ2) is 9.78. The maximum Gasteiger partial charge on any atom is 0.326 e. The van der Waals surface area contributed by atoms with Crippen LogP contribution in [0.3, 0.4) is 0 Å². The number of carboxylic acid groups (broad SMARTS) is 1. The van der Waals surface area contributed by atoms with Crippen molar-refractivity contribution in [3.63, 3.8) is 0 Å². The smallest absolute Gasteiger partial charge is 0.326 e. The monoisotopic (exact) mass is 392 g/mol. The number of hydrogen-bond donors (Lipinski definition) is 3. The molecule has 27 heavy (non-hydrogen) atoms. The maximum absolute atomic E-state index is 13.0. The first kappa shape index (κ1) is 21.3. The highest BCUT2D eigenvalue weighted by molar-refractivity contribution is 7.98. The molecule has 0 bridgehead atoms. The number of aliphatic carboxylic acids is 1. The molecule has 0 heterocycles. The van der Waals surface area contributed by atoms with Crippen LogP contribution >= 0.6 is 11.8 Å². The van der Waals surface area contributed by atoms with Crippen LogP contribution in [0.15, 0.2) is 24.3 Å². The molecule has 3 N–H and O–H groups in total. The lowest BCUT2D eigenvalue weighted by Crippen LogP contribution is -2.62. The lowest BCUT2D eigenvalue weighted by molar-refractivity contribution is -0.143. The Morgan fingerprint density at radius 2 is 1.78 bits per heavy atom. The average molecular weight is 393 g/mol.